The van der Waals surface area contributed by atoms with E-state index in [1.54, 1.807) is 4.90 Å². The van der Waals surface area contributed by atoms with Crippen molar-refractivity contribution < 1.29 is 29.4 Å². The molecule has 0 radical (unpaired) electrons. The van der Waals surface area contributed by atoms with Gasteiger partial charge in [-0.1, -0.05) is 57.8 Å². The Labute approximate surface area is 237 Å². The molecule has 2 aromatic carbocycles. The second-order valence-corrected chi connectivity index (χ2v) is 8.53. The van der Waals surface area contributed by atoms with E-state index in [1.165, 1.54) is 11.0 Å². The highest BCUT2D eigenvalue weighted by Gasteiger charge is 2.26. The third-order valence-electron chi connectivity index (χ3n) is 5.68. The zero-order valence-electron chi connectivity index (χ0n) is 21.5. The Balaban J connectivity index is 0.000000654. The molecule has 2 aliphatic rings. The van der Waals surface area contributed by atoms with Crippen LogP contribution in [0.1, 0.15) is 32.4 Å². The highest BCUT2D eigenvalue weighted by molar-refractivity contribution is 6.08. The fourth-order valence-electron chi connectivity index (χ4n) is 3.97. The topological polar surface area (TPSA) is 153 Å². The van der Waals surface area contributed by atoms with E-state index >= 15 is 0 Å². The molecule has 10 nitrogen and oxygen atoms in total. The van der Waals surface area contributed by atoms with E-state index in [0.29, 0.717) is 38.9 Å². The molecular weight excluding hydrogens is 512 g/mol. The Bertz CT molecular complexity index is 1120. The summed E-state index contributed by atoms with van der Waals surface area (Å²) in [5.74, 6) is -0.166. The molecule has 2 aromatic rings. The average Bonchev–Trinajstić information content (AvgIpc) is 2.94. The van der Waals surface area contributed by atoms with Gasteiger partial charge in [0.05, 0.1) is 26.3 Å². The number of nitrogens with two attached hydrogens (primary N) is 1. The monoisotopic (exact) mass is 556 g/mol. The molecule has 0 saturated carbocycles. The Morgan fingerprint density at radius 3 is 1.80 bits per heavy atom. The van der Waals surface area contributed by atoms with E-state index in [4.69, 9.17) is 15.9 Å². The van der Waals surface area contributed by atoms with Crippen molar-refractivity contribution >= 4 is 34.8 Å². The number of aliphatic hydroxyl groups excluding tert-OH is 2. The van der Waals surface area contributed by atoms with Crippen molar-refractivity contribution in [3.63, 3.8) is 0 Å². The summed E-state index contributed by atoms with van der Waals surface area (Å²) < 4.78 is 0. The largest absolute Gasteiger partial charge is 0.395 e. The Hall–Kier alpha value is -3.70. The lowest BCUT2D eigenvalue weighted by Gasteiger charge is -2.28. The summed E-state index contributed by atoms with van der Waals surface area (Å²) in [7, 11) is 0. The predicted octanol–water partition coefficient (Wildman–Crippen LogP) is 1.66. The van der Waals surface area contributed by atoms with Gasteiger partial charge in [-0.25, -0.2) is 0 Å². The second-order valence-electron chi connectivity index (χ2n) is 8.53. The molecule has 0 fully saturated rings. The Morgan fingerprint density at radius 2 is 1.32 bits per heavy atom. The number of hydrogen-bond donors (Lipinski definition) is 4. The van der Waals surface area contributed by atoms with E-state index in [-0.39, 0.29) is 64.5 Å². The standard InChI is InChI=1S/C14H18N2O3.C12H11NO2.C2H7NO.2CH4/c17-8-7-15-6-5-14(19)16-10-12(18)9-11-3-1-2-4-13(11)16;1-2-12(15)13-8-10(14)7-9-5-3-4-6-11(9)13;3-1-2-4;;/h1-4,15,17H,5-10H2;2-6H,1,7-8H2;4H,1-3H2;2*1H4. The lowest BCUT2D eigenvalue weighted by Crippen LogP contribution is -2.41. The summed E-state index contributed by atoms with van der Waals surface area (Å²) in [6.45, 7) is 5.26. The number of carbonyl (C=O) groups excluding carboxylic acids is 4. The number of nitrogens with one attached hydrogen (secondary N) is 1. The van der Waals surface area contributed by atoms with Crippen molar-refractivity contribution in [2.45, 2.75) is 34.1 Å². The zero-order valence-corrected chi connectivity index (χ0v) is 21.5. The van der Waals surface area contributed by atoms with Crippen LogP contribution in [0, 0.1) is 0 Å². The predicted molar refractivity (Wildman–Crippen MR) is 159 cm³/mol. The zero-order chi connectivity index (χ0) is 27.9. The van der Waals surface area contributed by atoms with Crippen LogP contribution in [0.5, 0.6) is 0 Å². The van der Waals surface area contributed by atoms with Gasteiger partial charge in [-0.3, -0.25) is 19.2 Å². The molecule has 5 N–H and O–H groups in total. The van der Waals surface area contributed by atoms with Gasteiger partial charge in [0, 0.05) is 50.3 Å². The van der Waals surface area contributed by atoms with Gasteiger partial charge in [0.25, 0.3) is 5.91 Å². The molecule has 220 valence electrons. The van der Waals surface area contributed by atoms with Gasteiger partial charge in [0.2, 0.25) is 5.91 Å². The highest BCUT2D eigenvalue weighted by atomic mass is 16.3. The first-order chi connectivity index (χ1) is 18.4. The van der Waals surface area contributed by atoms with Gasteiger partial charge in [-0.15, -0.1) is 0 Å². The molecule has 10 heteroatoms. The third kappa shape index (κ3) is 10.8. The number of aliphatic hydroxyl groups is 2. The fraction of sp³-hybridized carbons (Fsp3) is 0.400. The molecule has 0 aromatic heterocycles. The van der Waals surface area contributed by atoms with Gasteiger partial charge in [0.1, 0.15) is 0 Å². The van der Waals surface area contributed by atoms with Crippen molar-refractivity contribution in [1.29, 1.82) is 0 Å². The van der Waals surface area contributed by atoms with Crippen molar-refractivity contribution in [2.24, 2.45) is 5.73 Å². The molecule has 0 atom stereocenters. The van der Waals surface area contributed by atoms with Crippen molar-refractivity contribution in [3.05, 3.63) is 72.3 Å². The quantitative estimate of drug-likeness (QED) is 0.297. The van der Waals surface area contributed by atoms with Crippen LogP contribution < -0.4 is 20.9 Å². The maximum atomic E-state index is 12.1. The summed E-state index contributed by atoms with van der Waals surface area (Å²) >= 11 is 0. The van der Waals surface area contributed by atoms with Gasteiger partial charge in [0.15, 0.2) is 11.6 Å². The van der Waals surface area contributed by atoms with E-state index < -0.39 is 0 Å². The number of para-hydroxylation sites is 2. The van der Waals surface area contributed by atoms with Crippen LogP contribution in [0.2, 0.25) is 0 Å². The maximum absolute atomic E-state index is 12.1. The summed E-state index contributed by atoms with van der Waals surface area (Å²) in [4.78, 5) is 49.8. The van der Waals surface area contributed by atoms with Crippen LogP contribution in [-0.2, 0) is 32.0 Å². The average molecular weight is 557 g/mol. The molecule has 2 heterocycles. The number of carbonyl (C=O) groups is 4. The van der Waals surface area contributed by atoms with Crippen molar-refractivity contribution in [3.8, 4) is 0 Å². The summed E-state index contributed by atoms with van der Waals surface area (Å²) in [6.07, 6.45) is 2.37. The van der Waals surface area contributed by atoms with Crippen molar-refractivity contribution in [1.82, 2.24) is 5.32 Å². The van der Waals surface area contributed by atoms with E-state index in [9.17, 15) is 19.2 Å². The van der Waals surface area contributed by atoms with E-state index in [1.807, 2.05) is 48.5 Å². The molecule has 0 saturated heterocycles. The Kier molecular flexibility index (Phi) is 17.6. The molecule has 4 rings (SSSR count). The highest BCUT2D eigenvalue weighted by Crippen LogP contribution is 2.26. The first-order valence-corrected chi connectivity index (χ1v) is 12.4. The molecule has 0 spiro atoms. The minimum absolute atomic E-state index is 0. The molecule has 40 heavy (non-hydrogen) atoms. The van der Waals surface area contributed by atoms with Crippen LogP contribution in [0.15, 0.2) is 61.2 Å². The number of rotatable bonds is 7. The lowest BCUT2D eigenvalue weighted by molar-refractivity contribution is -0.122. The number of hydrogen-bond acceptors (Lipinski definition) is 8. The molecule has 0 unspecified atom stereocenters. The summed E-state index contributed by atoms with van der Waals surface area (Å²) in [5.41, 5.74) is 8.26. The van der Waals surface area contributed by atoms with Crippen LogP contribution in [0.4, 0.5) is 11.4 Å². The minimum Gasteiger partial charge on any atom is -0.395 e. The first kappa shape index (κ1) is 36.3. The number of anilines is 2. The lowest BCUT2D eigenvalue weighted by atomic mass is 10.0. The van der Waals surface area contributed by atoms with Crippen LogP contribution in [0.3, 0.4) is 0 Å². The molecular formula is C30H44N4O6. The second kappa shape index (κ2) is 19.4. The SMILES string of the molecule is C.C.C=CC(=O)N1CC(=O)Cc2ccccc21.NCCO.O=C1Cc2ccccc2N(C(=O)CCNCCO)C1. The van der Waals surface area contributed by atoms with Gasteiger partial charge >= 0.3 is 0 Å². The normalized spacial score (nSPS) is 13.1. The number of Topliss-reactive ketones (excluding diaryl/α,β-unsaturated/α-hetero) is 2. The van der Waals surface area contributed by atoms with Gasteiger partial charge in [-0.2, -0.15) is 0 Å². The number of benzene rings is 2. The third-order valence-corrected chi connectivity index (χ3v) is 5.68. The fourth-order valence-corrected chi connectivity index (χ4v) is 3.97. The summed E-state index contributed by atoms with van der Waals surface area (Å²) in [5, 5.41) is 19.4. The van der Waals surface area contributed by atoms with E-state index in [2.05, 4.69) is 11.9 Å². The first-order valence-electron chi connectivity index (χ1n) is 12.4. The van der Waals surface area contributed by atoms with Crippen LogP contribution in [-0.4, -0.2) is 79.5 Å². The molecule has 0 aliphatic carbocycles. The van der Waals surface area contributed by atoms with E-state index in [0.717, 1.165) is 22.5 Å². The smallest absolute Gasteiger partial charge is 0.250 e. The number of fused-ring (bicyclic) bond motifs is 2. The van der Waals surface area contributed by atoms with Crippen molar-refractivity contribution in [2.75, 3.05) is 55.7 Å². The summed E-state index contributed by atoms with van der Waals surface area (Å²) in [6, 6.07) is 15.0. The number of amides is 2. The Morgan fingerprint density at radius 1 is 0.850 bits per heavy atom. The van der Waals surface area contributed by atoms with Gasteiger partial charge in [-0.05, 0) is 29.3 Å². The molecule has 0 bridgehead atoms. The number of nitrogens with zero attached hydrogens (tertiary/aromatic N) is 2. The molecule has 2 aliphatic heterocycles. The maximum Gasteiger partial charge on any atom is 0.250 e. The molecule has 2 amide bonds. The minimum atomic E-state index is -0.226. The van der Waals surface area contributed by atoms with Crippen LogP contribution >= 0.6 is 0 Å². The number of ketones is 2. The van der Waals surface area contributed by atoms with Gasteiger partial charge < -0.3 is 31.1 Å². The van der Waals surface area contributed by atoms with Crippen LogP contribution in [0.25, 0.3) is 0 Å².